The Morgan fingerprint density at radius 3 is 2.26 bits per heavy atom. The maximum Gasteiger partial charge on any atom is 0.417 e. The molecule has 0 radical (unpaired) electrons. The number of aliphatic imine (C=N–C) groups is 1. The summed E-state index contributed by atoms with van der Waals surface area (Å²) in [5.74, 6) is 0. The minimum Gasteiger partial charge on any atom is -0.256 e. The summed E-state index contributed by atoms with van der Waals surface area (Å²) >= 11 is 5.61. The fourth-order valence-electron chi connectivity index (χ4n) is 1.50. The highest BCUT2D eigenvalue weighted by atomic mass is 35.5. The molecule has 0 aliphatic rings. The molecule has 0 saturated carbocycles. The number of para-hydroxylation sites is 1. The third-order valence-electron chi connectivity index (χ3n) is 2.42. The van der Waals surface area contributed by atoms with Crippen LogP contribution in [0.4, 0.5) is 18.9 Å². The third kappa shape index (κ3) is 3.58. The van der Waals surface area contributed by atoms with E-state index >= 15 is 0 Å². The van der Waals surface area contributed by atoms with Crippen molar-refractivity contribution in [1.29, 1.82) is 0 Å². The van der Waals surface area contributed by atoms with Crippen LogP contribution in [-0.2, 0) is 6.18 Å². The smallest absolute Gasteiger partial charge is 0.256 e. The number of halogens is 4. The fraction of sp³-hybridized carbons (Fsp3) is 0.0714. The summed E-state index contributed by atoms with van der Waals surface area (Å²) in [6.07, 6.45) is -2.96. The number of rotatable bonds is 2. The second-order valence-electron chi connectivity index (χ2n) is 3.83. The molecule has 0 aliphatic heterocycles. The molecule has 0 bridgehead atoms. The lowest BCUT2D eigenvalue weighted by Gasteiger charge is -2.08. The molecule has 0 heterocycles. The van der Waals surface area contributed by atoms with Gasteiger partial charge in [-0.3, -0.25) is 4.99 Å². The van der Waals surface area contributed by atoms with Crippen LogP contribution in [0.25, 0.3) is 0 Å². The molecule has 0 aromatic heterocycles. The van der Waals surface area contributed by atoms with Gasteiger partial charge in [0.05, 0.1) is 16.3 Å². The van der Waals surface area contributed by atoms with E-state index in [9.17, 15) is 13.2 Å². The summed E-state index contributed by atoms with van der Waals surface area (Å²) in [5.41, 5.74) is 0.395. The van der Waals surface area contributed by atoms with E-state index in [4.69, 9.17) is 11.6 Å². The van der Waals surface area contributed by atoms with Crippen molar-refractivity contribution >= 4 is 23.5 Å². The normalized spacial score (nSPS) is 12.0. The Morgan fingerprint density at radius 2 is 1.68 bits per heavy atom. The van der Waals surface area contributed by atoms with E-state index in [-0.39, 0.29) is 5.02 Å². The Hall–Kier alpha value is -1.81. The Morgan fingerprint density at radius 1 is 1.00 bits per heavy atom. The number of hydrogen-bond acceptors (Lipinski definition) is 1. The van der Waals surface area contributed by atoms with Gasteiger partial charge in [0.15, 0.2) is 0 Å². The van der Waals surface area contributed by atoms with Gasteiger partial charge in [0.2, 0.25) is 0 Å². The van der Waals surface area contributed by atoms with Gasteiger partial charge < -0.3 is 0 Å². The van der Waals surface area contributed by atoms with E-state index in [1.165, 1.54) is 18.3 Å². The quantitative estimate of drug-likeness (QED) is 0.679. The van der Waals surface area contributed by atoms with Gasteiger partial charge >= 0.3 is 6.18 Å². The predicted octanol–water partition coefficient (Wildman–Crippen LogP) is 5.11. The number of hydrogen-bond donors (Lipinski definition) is 0. The molecule has 2 rings (SSSR count). The van der Waals surface area contributed by atoms with Crippen molar-refractivity contribution in [3.8, 4) is 0 Å². The largest absolute Gasteiger partial charge is 0.417 e. The zero-order valence-electron chi connectivity index (χ0n) is 9.66. The molecule has 0 unspecified atom stereocenters. The van der Waals surface area contributed by atoms with Crippen molar-refractivity contribution < 1.29 is 13.2 Å². The van der Waals surface area contributed by atoms with Crippen LogP contribution in [0.15, 0.2) is 53.5 Å². The van der Waals surface area contributed by atoms with Crippen molar-refractivity contribution in [2.75, 3.05) is 0 Å². The van der Waals surface area contributed by atoms with E-state index < -0.39 is 11.7 Å². The third-order valence-corrected chi connectivity index (χ3v) is 2.73. The lowest BCUT2D eigenvalue weighted by Crippen LogP contribution is -2.05. The highest BCUT2D eigenvalue weighted by Crippen LogP contribution is 2.34. The minimum atomic E-state index is -4.44. The van der Waals surface area contributed by atoms with Gasteiger partial charge in [0.1, 0.15) is 0 Å². The fourth-order valence-corrected chi connectivity index (χ4v) is 1.80. The van der Waals surface area contributed by atoms with Crippen molar-refractivity contribution in [3.05, 3.63) is 64.7 Å². The maximum absolute atomic E-state index is 12.5. The summed E-state index contributed by atoms with van der Waals surface area (Å²) in [4.78, 5) is 4.14. The van der Waals surface area contributed by atoms with Crippen LogP contribution in [-0.4, -0.2) is 6.21 Å². The summed E-state index contributed by atoms with van der Waals surface area (Å²) in [6.45, 7) is 0. The molecule has 19 heavy (non-hydrogen) atoms. The molecule has 5 heteroatoms. The van der Waals surface area contributed by atoms with Gasteiger partial charge in [-0.25, -0.2) is 0 Å². The molecule has 0 spiro atoms. The number of benzene rings is 2. The topological polar surface area (TPSA) is 12.4 Å². The molecule has 0 aliphatic carbocycles. The average molecular weight is 284 g/mol. The second-order valence-corrected chi connectivity index (χ2v) is 4.24. The van der Waals surface area contributed by atoms with Crippen LogP contribution < -0.4 is 0 Å². The Labute approximate surface area is 113 Å². The molecular formula is C14H9ClF3N. The molecule has 2 aromatic rings. The standard InChI is InChI=1S/C14H9ClF3N/c15-13-8-10(6-7-12(13)14(16,17)18)9-19-11-4-2-1-3-5-11/h1-9H. The zero-order valence-corrected chi connectivity index (χ0v) is 10.4. The van der Waals surface area contributed by atoms with Crippen LogP contribution in [0.3, 0.4) is 0 Å². The monoisotopic (exact) mass is 283 g/mol. The SMILES string of the molecule is FC(F)(F)c1ccc(C=Nc2ccccc2)cc1Cl. The first-order valence-corrected chi connectivity index (χ1v) is 5.80. The molecule has 0 saturated heterocycles. The van der Waals surface area contributed by atoms with Crippen LogP contribution in [0, 0.1) is 0 Å². The first-order valence-electron chi connectivity index (χ1n) is 5.43. The van der Waals surface area contributed by atoms with E-state index in [1.807, 2.05) is 18.2 Å². The van der Waals surface area contributed by atoms with Crippen LogP contribution in [0.2, 0.25) is 5.02 Å². The van der Waals surface area contributed by atoms with Gasteiger partial charge in [0, 0.05) is 6.21 Å². The lowest BCUT2D eigenvalue weighted by atomic mass is 10.1. The zero-order chi connectivity index (χ0) is 13.9. The molecule has 0 fully saturated rings. The summed E-state index contributed by atoms with van der Waals surface area (Å²) in [5, 5.41) is -0.329. The number of nitrogens with zero attached hydrogens (tertiary/aromatic N) is 1. The minimum absolute atomic E-state index is 0.329. The Balaban J connectivity index is 2.24. The van der Waals surface area contributed by atoms with Gasteiger partial charge in [-0.2, -0.15) is 13.2 Å². The summed E-state index contributed by atoms with van der Waals surface area (Å²) in [7, 11) is 0. The van der Waals surface area contributed by atoms with Crippen molar-refractivity contribution in [1.82, 2.24) is 0 Å². The molecule has 0 atom stereocenters. The van der Waals surface area contributed by atoms with Crippen molar-refractivity contribution in [3.63, 3.8) is 0 Å². The molecule has 0 N–H and O–H groups in total. The van der Waals surface area contributed by atoms with Crippen LogP contribution in [0.5, 0.6) is 0 Å². The number of alkyl halides is 3. The summed E-state index contributed by atoms with van der Waals surface area (Å²) < 4.78 is 37.5. The van der Waals surface area contributed by atoms with Crippen molar-refractivity contribution in [2.45, 2.75) is 6.18 Å². The maximum atomic E-state index is 12.5. The van der Waals surface area contributed by atoms with E-state index in [0.29, 0.717) is 5.56 Å². The highest BCUT2D eigenvalue weighted by molar-refractivity contribution is 6.31. The van der Waals surface area contributed by atoms with Crippen molar-refractivity contribution in [2.24, 2.45) is 4.99 Å². The lowest BCUT2D eigenvalue weighted by molar-refractivity contribution is -0.137. The van der Waals surface area contributed by atoms with Gasteiger partial charge in [0.25, 0.3) is 0 Å². The van der Waals surface area contributed by atoms with E-state index in [0.717, 1.165) is 11.8 Å². The molecule has 98 valence electrons. The second kappa shape index (κ2) is 5.45. The van der Waals surface area contributed by atoms with Gasteiger partial charge in [-0.05, 0) is 29.8 Å². The van der Waals surface area contributed by atoms with E-state index in [1.54, 1.807) is 12.1 Å². The molecule has 0 amide bonds. The van der Waals surface area contributed by atoms with Crippen LogP contribution in [0.1, 0.15) is 11.1 Å². The molecule has 1 nitrogen and oxygen atoms in total. The average Bonchev–Trinajstić information content (AvgIpc) is 2.36. The van der Waals surface area contributed by atoms with Gasteiger partial charge in [-0.15, -0.1) is 0 Å². The van der Waals surface area contributed by atoms with Gasteiger partial charge in [-0.1, -0.05) is 35.9 Å². The Kier molecular flexibility index (Phi) is 3.90. The molecule has 2 aromatic carbocycles. The van der Waals surface area contributed by atoms with Crippen LogP contribution >= 0.6 is 11.6 Å². The molecular weight excluding hydrogens is 275 g/mol. The summed E-state index contributed by atoms with van der Waals surface area (Å²) in [6, 6.07) is 12.6. The van der Waals surface area contributed by atoms with E-state index in [2.05, 4.69) is 4.99 Å². The predicted molar refractivity (Wildman–Crippen MR) is 70.2 cm³/mol. The first-order chi connectivity index (χ1) is 8.97. The Bertz CT molecular complexity index is 591. The highest BCUT2D eigenvalue weighted by Gasteiger charge is 2.32. The first kappa shape index (κ1) is 13.6.